The third kappa shape index (κ3) is 3.04. The molecule has 2 aromatic rings. The first-order valence-electron chi connectivity index (χ1n) is 6.54. The molecule has 0 spiro atoms. The SMILES string of the molecule is CCNC(c1ccnc(C)c1)c1c(Br)cnn1CC. The molecule has 4 nitrogen and oxygen atoms in total. The summed E-state index contributed by atoms with van der Waals surface area (Å²) in [7, 11) is 0. The van der Waals surface area contributed by atoms with Gasteiger partial charge in [-0.15, -0.1) is 0 Å². The lowest BCUT2D eigenvalue weighted by molar-refractivity contribution is 0.540. The lowest BCUT2D eigenvalue weighted by Gasteiger charge is -2.20. The van der Waals surface area contributed by atoms with Gasteiger partial charge in [0.05, 0.1) is 22.4 Å². The first-order valence-corrected chi connectivity index (χ1v) is 7.33. The summed E-state index contributed by atoms with van der Waals surface area (Å²) in [6, 6.07) is 4.30. The number of rotatable bonds is 5. The van der Waals surface area contributed by atoms with Gasteiger partial charge in [-0.1, -0.05) is 6.92 Å². The highest BCUT2D eigenvalue weighted by atomic mass is 79.9. The van der Waals surface area contributed by atoms with E-state index >= 15 is 0 Å². The fourth-order valence-electron chi connectivity index (χ4n) is 2.23. The van der Waals surface area contributed by atoms with Crippen molar-refractivity contribution < 1.29 is 0 Å². The molecule has 0 fully saturated rings. The Morgan fingerprint density at radius 2 is 2.21 bits per heavy atom. The van der Waals surface area contributed by atoms with Crippen molar-refractivity contribution in [2.24, 2.45) is 0 Å². The van der Waals surface area contributed by atoms with E-state index in [9.17, 15) is 0 Å². The van der Waals surface area contributed by atoms with Crippen molar-refractivity contribution in [1.82, 2.24) is 20.1 Å². The van der Waals surface area contributed by atoms with Crippen LogP contribution in [0.2, 0.25) is 0 Å². The van der Waals surface area contributed by atoms with E-state index in [0.29, 0.717) is 0 Å². The number of nitrogens with one attached hydrogen (secondary N) is 1. The van der Waals surface area contributed by atoms with Crippen molar-refractivity contribution in [3.8, 4) is 0 Å². The smallest absolute Gasteiger partial charge is 0.0760 e. The highest BCUT2D eigenvalue weighted by Crippen LogP contribution is 2.28. The van der Waals surface area contributed by atoms with E-state index in [1.54, 1.807) is 0 Å². The van der Waals surface area contributed by atoms with Crippen molar-refractivity contribution in [2.45, 2.75) is 33.4 Å². The molecule has 0 amide bonds. The quantitative estimate of drug-likeness (QED) is 0.919. The first kappa shape index (κ1) is 14.2. The Morgan fingerprint density at radius 1 is 1.42 bits per heavy atom. The van der Waals surface area contributed by atoms with Gasteiger partial charge in [0.2, 0.25) is 0 Å². The fourth-order valence-corrected chi connectivity index (χ4v) is 2.76. The van der Waals surface area contributed by atoms with Gasteiger partial charge in [-0.3, -0.25) is 9.67 Å². The Morgan fingerprint density at radius 3 is 2.84 bits per heavy atom. The third-order valence-corrected chi connectivity index (χ3v) is 3.68. The maximum atomic E-state index is 4.40. The molecule has 0 saturated heterocycles. The van der Waals surface area contributed by atoms with Crippen molar-refractivity contribution in [2.75, 3.05) is 6.54 Å². The number of aryl methyl sites for hydroxylation is 2. The number of aromatic nitrogens is 3. The molecule has 102 valence electrons. The summed E-state index contributed by atoms with van der Waals surface area (Å²) in [5, 5.41) is 7.92. The van der Waals surface area contributed by atoms with E-state index in [1.165, 1.54) is 5.56 Å². The Bertz CT molecular complexity index is 550. The lowest BCUT2D eigenvalue weighted by Crippen LogP contribution is -2.25. The first-order chi connectivity index (χ1) is 9.17. The molecular weight excluding hydrogens is 304 g/mol. The molecule has 0 radical (unpaired) electrons. The van der Waals surface area contributed by atoms with Gasteiger partial charge in [0.15, 0.2) is 0 Å². The summed E-state index contributed by atoms with van der Waals surface area (Å²) in [4.78, 5) is 4.27. The number of nitrogens with zero attached hydrogens (tertiary/aromatic N) is 3. The molecule has 0 aromatic carbocycles. The van der Waals surface area contributed by atoms with Crippen LogP contribution in [-0.2, 0) is 6.54 Å². The number of hydrogen-bond acceptors (Lipinski definition) is 3. The molecule has 0 aliphatic carbocycles. The highest BCUT2D eigenvalue weighted by Gasteiger charge is 2.20. The highest BCUT2D eigenvalue weighted by molar-refractivity contribution is 9.10. The molecule has 0 bridgehead atoms. The second kappa shape index (κ2) is 6.30. The fraction of sp³-hybridized carbons (Fsp3) is 0.429. The zero-order valence-corrected chi connectivity index (χ0v) is 13.1. The topological polar surface area (TPSA) is 42.7 Å². The average molecular weight is 323 g/mol. The van der Waals surface area contributed by atoms with Gasteiger partial charge >= 0.3 is 0 Å². The largest absolute Gasteiger partial charge is 0.305 e. The average Bonchev–Trinajstić information content (AvgIpc) is 2.77. The van der Waals surface area contributed by atoms with Crippen LogP contribution < -0.4 is 5.32 Å². The molecule has 0 saturated carbocycles. The Kier molecular flexibility index (Phi) is 4.71. The third-order valence-electron chi connectivity index (χ3n) is 3.07. The van der Waals surface area contributed by atoms with E-state index in [4.69, 9.17) is 0 Å². The second-order valence-corrected chi connectivity index (χ2v) is 5.27. The maximum Gasteiger partial charge on any atom is 0.0760 e. The standard InChI is InChI=1S/C14H19BrN4/c1-4-16-13(11-6-7-17-10(3)8-11)14-12(15)9-18-19(14)5-2/h6-9,13,16H,4-5H2,1-3H3. The van der Waals surface area contributed by atoms with Gasteiger partial charge in [-0.2, -0.15) is 5.10 Å². The molecule has 1 N–H and O–H groups in total. The molecule has 2 heterocycles. The van der Waals surface area contributed by atoms with Crippen LogP contribution in [0.4, 0.5) is 0 Å². The molecule has 19 heavy (non-hydrogen) atoms. The molecular formula is C14H19BrN4. The van der Waals surface area contributed by atoms with Crippen molar-refractivity contribution >= 4 is 15.9 Å². The van der Waals surface area contributed by atoms with Crippen LogP contribution in [-0.4, -0.2) is 21.3 Å². The zero-order chi connectivity index (χ0) is 13.8. The van der Waals surface area contributed by atoms with Gasteiger partial charge in [0.1, 0.15) is 0 Å². The maximum absolute atomic E-state index is 4.40. The van der Waals surface area contributed by atoms with E-state index in [1.807, 2.05) is 24.0 Å². The summed E-state index contributed by atoms with van der Waals surface area (Å²) >= 11 is 3.61. The predicted molar refractivity (Wildman–Crippen MR) is 80.1 cm³/mol. The number of halogens is 1. The molecule has 5 heteroatoms. The Labute approximate surface area is 122 Å². The molecule has 0 aliphatic rings. The van der Waals surface area contributed by atoms with Gasteiger partial charge < -0.3 is 5.32 Å². The van der Waals surface area contributed by atoms with E-state index in [-0.39, 0.29) is 6.04 Å². The van der Waals surface area contributed by atoms with Crippen LogP contribution in [0.1, 0.15) is 36.8 Å². The summed E-state index contributed by atoms with van der Waals surface area (Å²) < 4.78 is 3.06. The molecule has 2 aromatic heterocycles. The van der Waals surface area contributed by atoms with Crippen LogP contribution in [0.3, 0.4) is 0 Å². The van der Waals surface area contributed by atoms with Crippen molar-refractivity contribution in [3.05, 3.63) is 46.0 Å². The Balaban J connectivity index is 2.48. The summed E-state index contributed by atoms with van der Waals surface area (Å²) in [6.45, 7) is 7.98. The monoisotopic (exact) mass is 322 g/mol. The molecule has 1 atom stereocenters. The molecule has 2 rings (SSSR count). The van der Waals surface area contributed by atoms with Gasteiger partial charge in [-0.05, 0) is 54.0 Å². The predicted octanol–water partition coefficient (Wildman–Crippen LogP) is 3.07. The van der Waals surface area contributed by atoms with E-state index < -0.39 is 0 Å². The zero-order valence-electron chi connectivity index (χ0n) is 11.5. The van der Waals surface area contributed by atoms with Crippen LogP contribution in [0.5, 0.6) is 0 Å². The normalized spacial score (nSPS) is 12.6. The minimum Gasteiger partial charge on any atom is -0.305 e. The van der Waals surface area contributed by atoms with Gasteiger partial charge in [0.25, 0.3) is 0 Å². The summed E-state index contributed by atoms with van der Waals surface area (Å²) in [5.74, 6) is 0. The number of pyridine rings is 1. The van der Waals surface area contributed by atoms with Gasteiger partial charge in [-0.25, -0.2) is 0 Å². The second-order valence-electron chi connectivity index (χ2n) is 4.41. The summed E-state index contributed by atoms with van der Waals surface area (Å²) in [5.41, 5.74) is 3.40. The molecule has 1 unspecified atom stereocenters. The lowest BCUT2D eigenvalue weighted by atomic mass is 10.0. The minimum absolute atomic E-state index is 0.128. The van der Waals surface area contributed by atoms with E-state index in [0.717, 1.165) is 29.0 Å². The van der Waals surface area contributed by atoms with Crippen LogP contribution >= 0.6 is 15.9 Å². The number of hydrogen-bond donors (Lipinski definition) is 1. The molecule has 0 aliphatic heterocycles. The van der Waals surface area contributed by atoms with E-state index in [2.05, 4.69) is 57.3 Å². The van der Waals surface area contributed by atoms with Crippen molar-refractivity contribution in [3.63, 3.8) is 0 Å². The minimum atomic E-state index is 0.128. The van der Waals surface area contributed by atoms with Crippen molar-refractivity contribution in [1.29, 1.82) is 0 Å². The van der Waals surface area contributed by atoms with Crippen LogP contribution in [0, 0.1) is 6.92 Å². The van der Waals surface area contributed by atoms with Gasteiger partial charge in [0, 0.05) is 18.4 Å². The van der Waals surface area contributed by atoms with Crippen LogP contribution in [0.25, 0.3) is 0 Å². The summed E-state index contributed by atoms with van der Waals surface area (Å²) in [6.07, 6.45) is 3.72. The Hall–Kier alpha value is -1.20. The van der Waals surface area contributed by atoms with Crippen LogP contribution in [0.15, 0.2) is 29.0 Å².